The molecule has 1 aromatic rings. The molecule has 0 aliphatic heterocycles. The van der Waals surface area contributed by atoms with Crippen LogP contribution in [0.2, 0.25) is 0 Å². The number of carboxylic acids is 2. The Bertz CT molecular complexity index is 430. The number of rotatable bonds is 9. The fourth-order valence-electron chi connectivity index (χ4n) is 2.09. The van der Waals surface area contributed by atoms with Crippen molar-refractivity contribution in [3.63, 3.8) is 0 Å². The van der Waals surface area contributed by atoms with Crippen molar-refractivity contribution in [3.8, 4) is 0 Å². The van der Waals surface area contributed by atoms with E-state index < -0.39 is 18.0 Å². The van der Waals surface area contributed by atoms with Crippen molar-refractivity contribution >= 4 is 23.3 Å². The summed E-state index contributed by atoms with van der Waals surface area (Å²) in [5.41, 5.74) is 1.03. The zero-order valence-corrected chi connectivity index (χ0v) is 12.5. The third-order valence-corrected chi connectivity index (χ3v) is 3.66. The summed E-state index contributed by atoms with van der Waals surface area (Å²) < 4.78 is 0. The van der Waals surface area contributed by atoms with Gasteiger partial charge >= 0.3 is 11.9 Å². The molecule has 1 aromatic heterocycles. The van der Waals surface area contributed by atoms with E-state index in [4.69, 9.17) is 5.11 Å². The van der Waals surface area contributed by atoms with E-state index in [9.17, 15) is 14.7 Å². The molecule has 1 rings (SSSR count). The Labute approximate surface area is 122 Å². The fraction of sp³-hybridized carbons (Fsp3) is 0.571. The standard InChI is InChI=1S/C14H21NO4S/c1-9(2)5-12(14(18)19)15-11(7-13(16)17)6-10-3-4-20-8-10/h3-4,8-9,11-12,15H,5-7H2,1-2H3,(H,16,17)(H,18,19). The van der Waals surface area contributed by atoms with Crippen LogP contribution in [0.5, 0.6) is 0 Å². The Balaban J connectivity index is 2.70. The zero-order chi connectivity index (χ0) is 15.1. The minimum Gasteiger partial charge on any atom is -0.481 e. The van der Waals surface area contributed by atoms with Crippen molar-refractivity contribution < 1.29 is 19.8 Å². The molecule has 0 fully saturated rings. The maximum absolute atomic E-state index is 11.3. The molecular weight excluding hydrogens is 278 g/mol. The van der Waals surface area contributed by atoms with Crippen LogP contribution in [0.4, 0.5) is 0 Å². The lowest BCUT2D eigenvalue weighted by Crippen LogP contribution is -2.45. The van der Waals surface area contributed by atoms with Gasteiger partial charge in [-0.2, -0.15) is 11.3 Å². The molecule has 1 heterocycles. The van der Waals surface area contributed by atoms with Crippen LogP contribution in [0.3, 0.4) is 0 Å². The number of hydrogen-bond donors (Lipinski definition) is 3. The topological polar surface area (TPSA) is 86.6 Å². The first kappa shape index (κ1) is 16.7. The van der Waals surface area contributed by atoms with Gasteiger partial charge in [0, 0.05) is 6.04 Å². The molecule has 5 nitrogen and oxygen atoms in total. The first-order valence-corrected chi connectivity index (χ1v) is 7.54. The average Bonchev–Trinajstić information content (AvgIpc) is 2.79. The molecule has 2 atom stereocenters. The van der Waals surface area contributed by atoms with Crippen LogP contribution < -0.4 is 5.32 Å². The molecule has 0 bridgehead atoms. The summed E-state index contributed by atoms with van der Waals surface area (Å²) in [7, 11) is 0. The van der Waals surface area contributed by atoms with Crippen LogP contribution in [-0.2, 0) is 16.0 Å². The number of carboxylic acid groups (broad SMARTS) is 2. The highest BCUT2D eigenvalue weighted by Gasteiger charge is 2.24. The van der Waals surface area contributed by atoms with Gasteiger partial charge in [-0.15, -0.1) is 0 Å². The number of carbonyl (C=O) groups is 2. The maximum atomic E-state index is 11.3. The number of hydrogen-bond acceptors (Lipinski definition) is 4. The summed E-state index contributed by atoms with van der Waals surface area (Å²) in [6.45, 7) is 3.89. The Hall–Kier alpha value is -1.40. The molecule has 0 aliphatic rings. The summed E-state index contributed by atoms with van der Waals surface area (Å²) >= 11 is 1.54. The molecule has 112 valence electrons. The second-order valence-electron chi connectivity index (χ2n) is 5.32. The highest BCUT2D eigenvalue weighted by Crippen LogP contribution is 2.13. The maximum Gasteiger partial charge on any atom is 0.320 e. The number of thiophene rings is 1. The lowest BCUT2D eigenvalue weighted by Gasteiger charge is -2.23. The third-order valence-electron chi connectivity index (χ3n) is 2.93. The normalized spacial score (nSPS) is 14.2. The van der Waals surface area contributed by atoms with Gasteiger partial charge in [0.2, 0.25) is 0 Å². The van der Waals surface area contributed by atoms with Crippen LogP contribution in [0.25, 0.3) is 0 Å². The summed E-state index contributed by atoms with van der Waals surface area (Å²) in [5, 5.41) is 25.0. The van der Waals surface area contributed by atoms with Gasteiger partial charge in [0.25, 0.3) is 0 Å². The molecule has 0 saturated carbocycles. The lowest BCUT2D eigenvalue weighted by atomic mass is 10.00. The SMILES string of the molecule is CC(C)CC(NC(CC(=O)O)Cc1ccsc1)C(=O)O. The Morgan fingerprint density at radius 3 is 2.50 bits per heavy atom. The lowest BCUT2D eigenvalue weighted by molar-refractivity contribution is -0.142. The van der Waals surface area contributed by atoms with Crippen LogP contribution in [0.1, 0.15) is 32.3 Å². The van der Waals surface area contributed by atoms with E-state index in [1.54, 1.807) is 11.3 Å². The van der Waals surface area contributed by atoms with E-state index in [1.165, 1.54) is 0 Å². The van der Waals surface area contributed by atoms with Crippen LogP contribution in [0.15, 0.2) is 16.8 Å². The molecule has 0 saturated heterocycles. The molecule has 20 heavy (non-hydrogen) atoms. The van der Waals surface area contributed by atoms with Gasteiger partial charge in [-0.05, 0) is 41.1 Å². The largest absolute Gasteiger partial charge is 0.481 e. The Kier molecular flexibility index (Phi) is 6.67. The summed E-state index contributed by atoms with van der Waals surface area (Å²) in [6, 6.07) is 0.847. The van der Waals surface area contributed by atoms with Gasteiger partial charge in [0.1, 0.15) is 6.04 Å². The van der Waals surface area contributed by atoms with Crippen LogP contribution in [0, 0.1) is 5.92 Å². The van der Waals surface area contributed by atoms with E-state index in [2.05, 4.69) is 5.32 Å². The predicted octanol–water partition coefficient (Wildman–Crippen LogP) is 2.22. The minimum absolute atomic E-state index is 0.0856. The minimum atomic E-state index is -0.931. The summed E-state index contributed by atoms with van der Waals surface area (Å²) in [6.07, 6.45) is 0.921. The fourth-order valence-corrected chi connectivity index (χ4v) is 2.77. The first-order valence-electron chi connectivity index (χ1n) is 6.60. The Morgan fingerprint density at radius 1 is 1.35 bits per heavy atom. The number of aliphatic carboxylic acids is 2. The van der Waals surface area contributed by atoms with Crippen molar-refractivity contribution in [1.29, 1.82) is 0 Å². The second-order valence-corrected chi connectivity index (χ2v) is 6.10. The molecule has 0 aromatic carbocycles. The molecular formula is C14H21NO4S. The molecule has 0 spiro atoms. The molecule has 6 heteroatoms. The zero-order valence-electron chi connectivity index (χ0n) is 11.7. The second kappa shape index (κ2) is 8.01. The van der Waals surface area contributed by atoms with E-state index >= 15 is 0 Å². The van der Waals surface area contributed by atoms with Crippen LogP contribution >= 0.6 is 11.3 Å². The molecule has 0 aliphatic carbocycles. The van der Waals surface area contributed by atoms with Gasteiger partial charge in [-0.3, -0.25) is 9.59 Å². The average molecular weight is 299 g/mol. The quantitative estimate of drug-likeness (QED) is 0.651. The highest BCUT2D eigenvalue weighted by atomic mass is 32.1. The highest BCUT2D eigenvalue weighted by molar-refractivity contribution is 7.07. The molecule has 3 N–H and O–H groups in total. The third kappa shape index (κ3) is 6.16. The van der Waals surface area contributed by atoms with Crippen molar-refractivity contribution in [1.82, 2.24) is 5.32 Å². The van der Waals surface area contributed by atoms with Gasteiger partial charge in [-0.1, -0.05) is 13.8 Å². The van der Waals surface area contributed by atoms with E-state index in [-0.39, 0.29) is 18.4 Å². The summed E-state index contributed by atoms with van der Waals surface area (Å²) in [4.78, 5) is 22.2. The predicted molar refractivity (Wildman–Crippen MR) is 78.1 cm³/mol. The molecule has 2 unspecified atom stereocenters. The van der Waals surface area contributed by atoms with Crippen molar-refractivity contribution in [2.45, 2.75) is 45.2 Å². The monoisotopic (exact) mass is 299 g/mol. The molecule has 0 radical (unpaired) electrons. The van der Waals surface area contributed by atoms with Gasteiger partial charge in [0.05, 0.1) is 6.42 Å². The first-order chi connectivity index (χ1) is 9.38. The van der Waals surface area contributed by atoms with Crippen molar-refractivity contribution in [2.75, 3.05) is 0 Å². The van der Waals surface area contributed by atoms with E-state index in [1.807, 2.05) is 30.7 Å². The molecule has 0 amide bonds. The number of nitrogens with one attached hydrogen (secondary N) is 1. The Morgan fingerprint density at radius 2 is 2.05 bits per heavy atom. The van der Waals surface area contributed by atoms with E-state index in [0.717, 1.165) is 5.56 Å². The smallest absolute Gasteiger partial charge is 0.320 e. The summed E-state index contributed by atoms with van der Waals surface area (Å²) in [5.74, 6) is -1.62. The van der Waals surface area contributed by atoms with Gasteiger partial charge < -0.3 is 15.5 Å². The van der Waals surface area contributed by atoms with Gasteiger partial charge in [0.15, 0.2) is 0 Å². The van der Waals surface area contributed by atoms with Crippen LogP contribution in [-0.4, -0.2) is 34.2 Å². The van der Waals surface area contributed by atoms with Crippen molar-refractivity contribution in [3.05, 3.63) is 22.4 Å². The van der Waals surface area contributed by atoms with Crippen molar-refractivity contribution in [2.24, 2.45) is 5.92 Å². The van der Waals surface area contributed by atoms with E-state index in [0.29, 0.717) is 12.8 Å². The van der Waals surface area contributed by atoms with Gasteiger partial charge in [-0.25, -0.2) is 0 Å².